The van der Waals surface area contributed by atoms with Crippen LogP contribution in [0, 0.1) is 6.92 Å². The van der Waals surface area contributed by atoms with Crippen LogP contribution in [-0.2, 0) is 19.7 Å². The molecule has 0 amide bonds. The summed E-state index contributed by atoms with van der Waals surface area (Å²) in [4.78, 5) is 23.6. The normalized spacial score (nSPS) is 13.7. The van der Waals surface area contributed by atoms with E-state index in [4.69, 9.17) is 4.74 Å². The zero-order valence-electron chi connectivity index (χ0n) is 10.9. The molecule has 0 saturated carbocycles. The molecule has 1 atom stereocenters. The Kier molecular flexibility index (Phi) is 4.48. The standard InChI is InChI=1S/C14H18O4/c1-4-14(12(15)16,13(17)18-5-2)11-8-6-10(3)7-9-11/h6-9H,4-5H2,1-3H3,(H,15,16). The molecule has 4 heteroatoms. The zero-order chi connectivity index (χ0) is 13.8. The van der Waals surface area contributed by atoms with Gasteiger partial charge in [-0.1, -0.05) is 36.8 Å². The molecule has 0 radical (unpaired) electrons. The third kappa shape index (κ3) is 2.37. The molecule has 0 aliphatic rings. The highest BCUT2D eigenvalue weighted by molar-refractivity contribution is 6.05. The third-order valence-corrected chi connectivity index (χ3v) is 3.06. The van der Waals surface area contributed by atoms with Crippen LogP contribution in [0.5, 0.6) is 0 Å². The third-order valence-electron chi connectivity index (χ3n) is 3.06. The largest absolute Gasteiger partial charge is 0.480 e. The molecule has 0 aliphatic heterocycles. The number of carbonyl (C=O) groups is 2. The number of benzene rings is 1. The summed E-state index contributed by atoms with van der Waals surface area (Å²) in [6.07, 6.45) is 0.157. The molecule has 1 aromatic rings. The molecule has 0 heterocycles. The summed E-state index contributed by atoms with van der Waals surface area (Å²) in [5, 5.41) is 9.44. The SMILES string of the molecule is CCOC(=O)C(CC)(C(=O)O)c1ccc(C)cc1. The number of aryl methyl sites for hydroxylation is 1. The topological polar surface area (TPSA) is 63.6 Å². The number of carboxylic acid groups (broad SMARTS) is 1. The Labute approximate surface area is 107 Å². The van der Waals surface area contributed by atoms with E-state index >= 15 is 0 Å². The molecule has 98 valence electrons. The molecule has 1 rings (SSSR count). The monoisotopic (exact) mass is 250 g/mol. The predicted octanol–water partition coefficient (Wildman–Crippen LogP) is 2.29. The summed E-state index contributed by atoms with van der Waals surface area (Å²) in [7, 11) is 0. The first-order valence-corrected chi connectivity index (χ1v) is 5.96. The van der Waals surface area contributed by atoms with Gasteiger partial charge in [-0.3, -0.25) is 9.59 Å². The summed E-state index contributed by atoms with van der Waals surface area (Å²) in [6, 6.07) is 6.93. The van der Waals surface area contributed by atoms with E-state index in [9.17, 15) is 14.7 Å². The van der Waals surface area contributed by atoms with Crippen LogP contribution in [-0.4, -0.2) is 23.7 Å². The second-order valence-corrected chi connectivity index (χ2v) is 4.15. The number of carbonyl (C=O) groups excluding carboxylic acids is 1. The number of aliphatic carboxylic acids is 1. The molecule has 0 fully saturated rings. The fourth-order valence-electron chi connectivity index (χ4n) is 1.92. The Bertz CT molecular complexity index is 436. The fourth-order valence-corrected chi connectivity index (χ4v) is 1.92. The minimum absolute atomic E-state index is 0.157. The molecule has 0 spiro atoms. The van der Waals surface area contributed by atoms with Crippen LogP contribution in [0.4, 0.5) is 0 Å². The van der Waals surface area contributed by atoms with Crippen molar-refractivity contribution in [2.75, 3.05) is 6.61 Å². The molecule has 0 saturated heterocycles. The first-order valence-electron chi connectivity index (χ1n) is 5.96. The second kappa shape index (κ2) is 5.67. The van der Waals surface area contributed by atoms with Crippen molar-refractivity contribution < 1.29 is 19.4 Å². The highest BCUT2D eigenvalue weighted by Crippen LogP contribution is 2.30. The zero-order valence-corrected chi connectivity index (χ0v) is 10.9. The van der Waals surface area contributed by atoms with Gasteiger partial charge < -0.3 is 9.84 Å². The van der Waals surface area contributed by atoms with Crippen LogP contribution >= 0.6 is 0 Å². The van der Waals surface area contributed by atoms with Gasteiger partial charge in [0, 0.05) is 0 Å². The lowest BCUT2D eigenvalue weighted by Gasteiger charge is -2.26. The number of rotatable bonds is 5. The van der Waals surface area contributed by atoms with Crippen LogP contribution in [0.2, 0.25) is 0 Å². The quantitative estimate of drug-likeness (QED) is 0.643. The highest BCUT2D eigenvalue weighted by Gasteiger charge is 2.47. The van der Waals surface area contributed by atoms with Gasteiger partial charge in [-0.15, -0.1) is 0 Å². The summed E-state index contributed by atoms with van der Waals surface area (Å²) in [5.41, 5.74) is -0.136. The molecule has 0 aliphatic carbocycles. The van der Waals surface area contributed by atoms with Crippen molar-refractivity contribution in [2.45, 2.75) is 32.6 Å². The van der Waals surface area contributed by atoms with Gasteiger partial charge in [-0.25, -0.2) is 0 Å². The van der Waals surface area contributed by atoms with Crippen molar-refractivity contribution >= 4 is 11.9 Å². The van der Waals surface area contributed by atoms with E-state index in [1.54, 1.807) is 38.1 Å². The summed E-state index contributed by atoms with van der Waals surface area (Å²) < 4.78 is 4.92. The molecule has 4 nitrogen and oxygen atoms in total. The summed E-state index contributed by atoms with van der Waals surface area (Å²) in [6.45, 7) is 5.41. The lowest BCUT2D eigenvalue weighted by Crippen LogP contribution is -2.44. The van der Waals surface area contributed by atoms with Gasteiger partial charge in [0.15, 0.2) is 5.41 Å². The lowest BCUT2D eigenvalue weighted by molar-refractivity contribution is -0.161. The smallest absolute Gasteiger partial charge is 0.328 e. The predicted molar refractivity (Wildman–Crippen MR) is 67.4 cm³/mol. The van der Waals surface area contributed by atoms with Crippen molar-refractivity contribution in [2.24, 2.45) is 0 Å². The lowest BCUT2D eigenvalue weighted by atomic mass is 9.78. The Morgan fingerprint density at radius 3 is 2.17 bits per heavy atom. The van der Waals surface area contributed by atoms with Crippen molar-refractivity contribution in [3.05, 3.63) is 35.4 Å². The first-order chi connectivity index (χ1) is 8.48. The van der Waals surface area contributed by atoms with Crippen LogP contribution in [0.25, 0.3) is 0 Å². The van der Waals surface area contributed by atoms with Gasteiger partial charge in [0.1, 0.15) is 0 Å². The number of carboxylic acids is 1. The van der Waals surface area contributed by atoms with Crippen LogP contribution < -0.4 is 0 Å². The first kappa shape index (κ1) is 14.2. The van der Waals surface area contributed by atoms with Crippen molar-refractivity contribution in [1.82, 2.24) is 0 Å². The highest BCUT2D eigenvalue weighted by atomic mass is 16.5. The van der Waals surface area contributed by atoms with E-state index in [0.717, 1.165) is 5.56 Å². The minimum atomic E-state index is -1.61. The van der Waals surface area contributed by atoms with E-state index in [1.807, 2.05) is 6.92 Å². The molecule has 18 heavy (non-hydrogen) atoms. The second-order valence-electron chi connectivity index (χ2n) is 4.15. The van der Waals surface area contributed by atoms with Gasteiger partial charge in [0.05, 0.1) is 6.61 Å². The maximum absolute atomic E-state index is 12.0. The van der Waals surface area contributed by atoms with E-state index in [1.165, 1.54) is 0 Å². The molecule has 0 bridgehead atoms. The van der Waals surface area contributed by atoms with Crippen LogP contribution in [0.15, 0.2) is 24.3 Å². The van der Waals surface area contributed by atoms with Crippen LogP contribution in [0.3, 0.4) is 0 Å². The molecular formula is C14H18O4. The van der Waals surface area contributed by atoms with E-state index in [2.05, 4.69) is 0 Å². The Balaban J connectivity index is 3.31. The van der Waals surface area contributed by atoms with E-state index in [0.29, 0.717) is 5.56 Å². The average Bonchev–Trinajstić information content (AvgIpc) is 2.33. The molecule has 1 unspecified atom stereocenters. The molecule has 1 aromatic carbocycles. The Morgan fingerprint density at radius 2 is 1.78 bits per heavy atom. The Morgan fingerprint density at radius 1 is 1.22 bits per heavy atom. The van der Waals surface area contributed by atoms with E-state index < -0.39 is 17.4 Å². The number of ether oxygens (including phenoxy) is 1. The van der Waals surface area contributed by atoms with Gasteiger partial charge >= 0.3 is 11.9 Å². The molecular weight excluding hydrogens is 232 g/mol. The average molecular weight is 250 g/mol. The maximum Gasteiger partial charge on any atom is 0.328 e. The molecule has 1 N–H and O–H groups in total. The van der Waals surface area contributed by atoms with E-state index in [-0.39, 0.29) is 13.0 Å². The maximum atomic E-state index is 12.0. The van der Waals surface area contributed by atoms with Crippen LogP contribution in [0.1, 0.15) is 31.4 Å². The summed E-state index contributed by atoms with van der Waals surface area (Å²) in [5.74, 6) is -1.88. The fraction of sp³-hybridized carbons (Fsp3) is 0.429. The van der Waals surface area contributed by atoms with Gasteiger partial charge in [0.25, 0.3) is 0 Å². The summed E-state index contributed by atoms with van der Waals surface area (Å²) >= 11 is 0. The number of hydrogen-bond acceptors (Lipinski definition) is 3. The number of esters is 1. The minimum Gasteiger partial charge on any atom is -0.480 e. The van der Waals surface area contributed by atoms with Gasteiger partial charge in [0.2, 0.25) is 0 Å². The Hall–Kier alpha value is -1.84. The van der Waals surface area contributed by atoms with Crippen molar-refractivity contribution in [3.63, 3.8) is 0 Å². The number of hydrogen-bond donors (Lipinski definition) is 1. The van der Waals surface area contributed by atoms with Crippen molar-refractivity contribution in [3.8, 4) is 0 Å². The van der Waals surface area contributed by atoms with Crippen molar-refractivity contribution in [1.29, 1.82) is 0 Å². The van der Waals surface area contributed by atoms with Gasteiger partial charge in [-0.2, -0.15) is 0 Å². The molecule has 0 aromatic heterocycles. The van der Waals surface area contributed by atoms with Gasteiger partial charge in [-0.05, 0) is 25.8 Å².